The van der Waals surface area contributed by atoms with Gasteiger partial charge in [0.15, 0.2) is 12.4 Å². The van der Waals surface area contributed by atoms with Crippen molar-refractivity contribution in [2.75, 3.05) is 37.7 Å². The van der Waals surface area contributed by atoms with Crippen LogP contribution in [0.25, 0.3) is 11.3 Å². The molecule has 0 bridgehead atoms. The minimum atomic E-state index is -0.0497. The van der Waals surface area contributed by atoms with Crippen molar-refractivity contribution in [1.82, 2.24) is 20.1 Å². The molecule has 8 heteroatoms. The van der Waals surface area contributed by atoms with Gasteiger partial charge in [0.05, 0.1) is 10.7 Å². The first-order valence-corrected chi connectivity index (χ1v) is 10.1. The molecule has 3 heterocycles. The highest BCUT2D eigenvalue weighted by Gasteiger charge is 2.22. The molecule has 30 heavy (non-hydrogen) atoms. The number of amides is 1. The van der Waals surface area contributed by atoms with Crippen molar-refractivity contribution in [2.24, 2.45) is 0 Å². The predicted molar refractivity (Wildman–Crippen MR) is 116 cm³/mol. The zero-order valence-corrected chi connectivity index (χ0v) is 17.4. The molecule has 0 atom stereocenters. The summed E-state index contributed by atoms with van der Waals surface area (Å²) in [6.45, 7) is 4.54. The average Bonchev–Trinajstić information content (AvgIpc) is 2.80. The van der Waals surface area contributed by atoms with Gasteiger partial charge in [-0.2, -0.15) is 0 Å². The van der Waals surface area contributed by atoms with Crippen molar-refractivity contribution >= 4 is 23.3 Å². The summed E-state index contributed by atoms with van der Waals surface area (Å²) in [6.07, 6.45) is 3.47. The Hall–Kier alpha value is -3.19. The standard InChI is InChI=1S/C22H22ClN5O2/c1-16-2-3-18(23)20(14-16)30-15-22(29)28-12-10-27(11-13-28)21-5-4-19(25-26-21)17-6-8-24-9-7-17/h2-9,14H,10-13,15H2,1H3. The van der Waals surface area contributed by atoms with Crippen LogP contribution in [0.15, 0.2) is 54.9 Å². The summed E-state index contributed by atoms with van der Waals surface area (Å²) in [5, 5.41) is 9.19. The molecule has 2 aromatic heterocycles. The van der Waals surface area contributed by atoms with Gasteiger partial charge in [0, 0.05) is 44.1 Å². The van der Waals surface area contributed by atoms with Crippen molar-refractivity contribution in [3.05, 3.63) is 65.4 Å². The molecule has 3 aromatic rings. The maximum atomic E-state index is 12.5. The molecule has 0 radical (unpaired) electrons. The molecule has 1 amide bonds. The molecule has 0 aliphatic carbocycles. The minimum absolute atomic E-state index is 0.0242. The van der Waals surface area contributed by atoms with E-state index in [1.54, 1.807) is 23.4 Å². The van der Waals surface area contributed by atoms with Gasteiger partial charge < -0.3 is 14.5 Å². The van der Waals surface area contributed by atoms with E-state index < -0.39 is 0 Å². The van der Waals surface area contributed by atoms with Crippen LogP contribution in [0.2, 0.25) is 5.02 Å². The van der Waals surface area contributed by atoms with Crippen molar-refractivity contribution in [3.8, 4) is 17.0 Å². The molecule has 0 spiro atoms. The lowest BCUT2D eigenvalue weighted by molar-refractivity contribution is -0.133. The first-order chi connectivity index (χ1) is 14.6. The summed E-state index contributed by atoms with van der Waals surface area (Å²) in [6, 6.07) is 13.2. The maximum absolute atomic E-state index is 12.5. The van der Waals surface area contributed by atoms with Gasteiger partial charge in [-0.15, -0.1) is 10.2 Å². The summed E-state index contributed by atoms with van der Waals surface area (Å²) < 4.78 is 5.64. The smallest absolute Gasteiger partial charge is 0.260 e. The van der Waals surface area contributed by atoms with Crippen LogP contribution < -0.4 is 9.64 Å². The van der Waals surface area contributed by atoms with E-state index in [9.17, 15) is 4.79 Å². The van der Waals surface area contributed by atoms with Crippen LogP contribution in [0.3, 0.4) is 0 Å². The number of carbonyl (C=O) groups is 1. The van der Waals surface area contributed by atoms with Crippen LogP contribution in [0.4, 0.5) is 5.82 Å². The van der Waals surface area contributed by atoms with E-state index in [2.05, 4.69) is 20.1 Å². The number of hydrogen-bond donors (Lipinski definition) is 0. The monoisotopic (exact) mass is 423 g/mol. The second-order valence-electron chi connectivity index (χ2n) is 7.10. The summed E-state index contributed by atoms with van der Waals surface area (Å²) in [7, 11) is 0. The number of aryl methyl sites for hydroxylation is 1. The third-order valence-electron chi connectivity index (χ3n) is 5.02. The zero-order valence-electron chi connectivity index (χ0n) is 16.7. The van der Waals surface area contributed by atoms with E-state index in [0.29, 0.717) is 37.0 Å². The Bertz CT molecular complexity index is 1010. The van der Waals surface area contributed by atoms with Crippen LogP contribution >= 0.6 is 11.6 Å². The van der Waals surface area contributed by atoms with Crippen LogP contribution in [0, 0.1) is 6.92 Å². The van der Waals surface area contributed by atoms with Crippen LogP contribution in [0.5, 0.6) is 5.75 Å². The molecule has 154 valence electrons. The molecule has 1 aliphatic heterocycles. The second-order valence-corrected chi connectivity index (χ2v) is 7.51. The Kier molecular flexibility index (Phi) is 6.09. The van der Waals surface area contributed by atoms with E-state index in [1.807, 2.05) is 43.3 Å². The average molecular weight is 424 g/mol. The molecular formula is C22H22ClN5O2. The van der Waals surface area contributed by atoms with Gasteiger partial charge >= 0.3 is 0 Å². The van der Waals surface area contributed by atoms with Crippen molar-refractivity contribution in [2.45, 2.75) is 6.92 Å². The van der Waals surface area contributed by atoms with Gasteiger partial charge in [-0.05, 0) is 48.9 Å². The number of ether oxygens (including phenoxy) is 1. The molecule has 4 rings (SSSR count). The van der Waals surface area contributed by atoms with Crippen LogP contribution in [-0.2, 0) is 4.79 Å². The Balaban J connectivity index is 1.30. The molecule has 0 saturated carbocycles. The van der Waals surface area contributed by atoms with E-state index in [-0.39, 0.29) is 12.5 Å². The molecule has 0 unspecified atom stereocenters. The normalized spacial score (nSPS) is 13.9. The first kappa shape index (κ1) is 20.1. The number of benzene rings is 1. The molecule has 1 fully saturated rings. The van der Waals surface area contributed by atoms with E-state index >= 15 is 0 Å². The van der Waals surface area contributed by atoms with Gasteiger partial charge in [-0.1, -0.05) is 17.7 Å². The molecule has 1 saturated heterocycles. The lowest BCUT2D eigenvalue weighted by Gasteiger charge is -2.35. The Labute approximate surface area is 180 Å². The van der Waals surface area contributed by atoms with E-state index in [1.165, 1.54) is 0 Å². The van der Waals surface area contributed by atoms with E-state index in [0.717, 1.165) is 22.6 Å². The van der Waals surface area contributed by atoms with Gasteiger partial charge in [0.25, 0.3) is 5.91 Å². The van der Waals surface area contributed by atoms with Crippen LogP contribution in [-0.4, -0.2) is 58.8 Å². The number of rotatable bonds is 5. The maximum Gasteiger partial charge on any atom is 0.260 e. The number of pyridine rings is 1. The largest absolute Gasteiger partial charge is 0.482 e. The molecule has 1 aliphatic rings. The van der Waals surface area contributed by atoms with Gasteiger partial charge in [0.2, 0.25) is 0 Å². The number of hydrogen-bond acceptors (Lipinski definition) is 6. The third kappa shape index (κ3) is 4.68. The highest BCUT2D eigenvalue weighted by atomic mass is 35.5. The number of halogens is 1. The highest BCUT2D eigenvalue weighted by Crippen LogP contribution is 2.25. The predicted octanol–water partition coefficient (Wildman–Crippen LogP) is 3.23. The van der Waals surface area contributed by atoms with Crippen molar-refractivity contribution < 1.29 is 9.53 Å². The summed E-state index contributed by atoms with van der Waals surface area (Å²) in [5.41, 5.74) is 2.82. The number of carbonyl (C=O) groups excluding carboxylic acids is 1. The first-order valence-electron chi connectivity index (χ1n) is 9.76. The van der Waals surface area contributed by atoms with Gasteiger partial charge in [-0.25, -0.2) is 0 Å². The Morgan fingerprint density at radius 1 is 1.03 bits per heavy atom. The van der Waals surface area contributed by atoms with Gasteiger partial charge in [0.1, 0.15) is 5.75 Å². The van der Waals surface area contributed by atoms with Crippen molar-refractivity contribution in [1.29, 1.82) is 0 Å². The Morgan fingerprint density at radius 2 is 1.80 bits per heavy atom. The number of piperazine rings is 1. The van der Waals surface area contributed by atoms with Crippen LogP contribution in [0.1, 0.15) is 5.56 Å². The summed E-state index contributed by atoms with van der Waals surface area (Å²) >= 11 is 6.13. The zero-order chi connectivity index (χ0) is 20.9. The fourth-order valence-electron chi connectivity index (χ4n) is 3.31. The van der Waals surface area contributed by atoms with Crippen molar-refractivity contribution in [3.63, 3.8) is 0 Å². The molecule has 1 aromatic carbocycles. The van der Waals surface area contributed by atoms with Gasteiger partial charge in [-0.3, -0.25) is 9.78 Å². The topological polar surface area (TPSA) is 71.5 Å². The lowest BCUT2D eigenvalue weighted by Crippen LogP contribution is -2.50. The molecular weight excluding hydrogens is 402 g/mol. The SMILES string of the molecule is Cc1ccc(Cl)c(OCC(=O)N2CCN(c3ccc(-c4ccncc4)nn3)CC2)c1. The summed E-state index contributed by atoms with van der Waals surface area (Å²) in [4.78, 5) is 20.5. The summed E-state index contributed by atoms with van der Waals surface area (Å²) in [5.74, 6) is 1.29. The second kappa shape index (κ2) is 9.09. The molecule has 0 N–H and O–H groups in total. The fraction of sp³-hybridized carbons (Fsp3) is 0.273. The molecule has 7 nitrogen and oxygen atoms in total. The van der Waals surface area contributed by atoms with E-state index in [4.69, 9.17) is 16.3 Å². The lowest BCUT2D eigenvalue weighted by atomic mass is 10.2. The Morgan fingerprint density at radius 3 is 2.50 bits per heavy atom. The highest BCUT2D eigenvalue weighted by molar-refractivity contribution is 6.32. The number of aromatic nitrogens is 3. The number of anilines is 1. The fourth-order valence-corrected chi connectivity index (χ4v) is 3.48. The number of nitrogens with zero attached hydrogens (tertiary/aromatic N) is 5. The minimum Gasteiger partial charge on any atom is -0.482 e. The quantitative estimate of drug-likeness (QED) is 0.627. The third-order valence-corrected chi connectivity index (χ3v) is 5.33.